The molecule has 0 spiro atoms. The minimum atomic E-state index is -5.23. The molecule has 0 saturated carbocycles. The number of hydrogen-bond donors (Lipinski definition) is 1. The molecule has 16 heteroatoms. The summed E-state index contributed by atoms with van der Waals surface area (Å²) in [4.78, 5) is 19.7. The van der Waals surface area contributed by atoms with Gasteiger partial charge in [0, 0.05) is 17.7 Å². The second kappa shape index (κ2) is 14.8. The van der Waals surface area contributed by atoms with Crippen LogP contribution in [0.3, 0.4) is 0 Å². The first kappa shape index (κ1) is 37.8. The third kappa shape index (κ3) is 9.36. The molecule has 1 N–H and O–H groups in total. The smallest absolute Gasteiger partial charge is 0.416 e. The van der Waals surface area contributed by atoms with Gasteiger partial charge >= 0.3 is 24.5 Å². The van der Waals surface area contributed by atoms with E-state index in [2.05, 4.69) is 9.97 Å². The van der Waals surface area contributed by atoms with E-state index in [0.29, 0.717) is 17.7 Å². The van der Waals surface area contributed by atoms with Crippen LogP contribution < -0.4 is 14.4 Å². The fourth-order valence-corrected chi connectivity index (χ4v) is 4.94. The molecular formula is C34H30F9N3O4. The molecule has 1 heterocycles. The zero-order chi connectivity index (χ0) is 37.0. The first-order chi connectivity index (χ1) is 23.3. The van der Waals surface area contributed by atoms with Gasteiger partial charge in [-0.25, -0.2) is 9.97 Å². The van der Waals surface area contributed by atoms with Crippen molar-refractivity contribution in [2.45, 2.75) is 57.7 Å². The first-order valence-corrected chi connectivity index (χ1v) is 14.9. The van der Waals surface area contributed by atoms with E-state index in [0.717, 1.165) is 41.1 Å². The summed E-state index contributed by atoms with van der Waals surface area (Å²) in [5, 5.41) is 8.80. The molecule has 0 radical (unpaired) electrons. The molecule has 1 aromatic heterocycles. The Labute approximate surface area is 280 Å². The van der Waals surface area contributed by atoms with Gasteiger partial charge in [0.25, 0.3) is 0 Å². The average Bonchev–Trinajstić information content (AvgIpc) is 3.04. The molecule has 0 aliphatic carbocycles. The lowest BCUT2D eigenvalue weighted by Crippen LogP contribution is -2.22. The average molecular weight is 716 g/mol. The lowest BCUT2D eigenvalue weighted by Gasteiger charge is -2.27. The van der Waals surface area contributed by atoms with Gasteiger partial charge in [-0.2, -0.15) is 39.5 Å². The van der Waals surface area contributed by atoms with E-state index >= 15 is 0 Å². The summed E-state index contributed by atoms with van der Waals surface area (Å²) < 4.78 is 136. The third-order valence-electron chi connectivity index (χ3n) is 7.49. The normalized spacial score (nSPS) is 12.3. The van der Waals surface area contributed by atoms with Crippen LogP contribution in [0.5, 0.6) is 11.5 Å². The Hall–Kier alpha value is -5.02. The molecule has 4 rings (SSSR count). The number of carbonyl (C=O) groups is 1. The van der Waals surface area contributed by atoms with Crippen LogP contribution >= 0.6 is 0 Å². The molecular weight excluding hydrogens is 685 g/mol. The summed E-state index contributed by atoms with van der Waals surface area (Å²) in [6.45, 7) is 2.95. The van der Waals surface area contributed by atoms with Crippen molar-refractivity contribution in [2.24, 2.45) is 0 Å². The number of rotatable bonds is 12. The maximum absolute atomic E-state index is 14.0. The number of carboxylic acid groups (broad SMARTS) is 1. The Morgan fingerprint density at radius 1 is 0.800 bits per heavy atom. The number of anilines is 2. The van der Waals surface area contributed by atoms with E-state index < -0.39 is 59.4 Å². The van der Waals surface area contributed by atoms with Crippen molar-refractivity contribution in [3.8, 4) is 22.6 Å². The maximum Gasteiger partial charge on any atom is 0.416 e. The summed E-state index contributed by atoms with van der Waals surface area (Å²) in [6.07, 6.45) is -13.3. The number of nitrogens with zero attached hydrogens (tertiary/aromatic N) is 3. The summed E-state index contributed by atoms with van der Waals surface area (Å²) in [5.41, 5.74) is -4.06. The maximum atomic E-state index is 14.0. The third-order valence-corrected chi connectivity index (χ3v) is 7.49. The Morgan fingerprint density at radius 3 is 1.92 bits per heavy atom. The molecule has 50 heavy (non-hydrogen) atoms. The van der Waals surface area contributed by atoms with Crippen molar-refractivity contribution in [2.75, 3.05) is 18.6 Å². The number of hydrogen-bond acceptors (Lipinski definition) is 6. The number of ether oxygens (including phenoxy) is 2. The number of carboxylic acids is 1. The summed E-state index contributed by atoms with van der Waals surface area (Å²) >= 11 is 0. The molecule has 7 nitrogen and oxygen atoms in total. The van der Waals surface area contributed by atoms with Crippen LogP contribution in [-0.2, 0) is 29.9 Å². The van der Waals surface area contributed by atoms with E-state index in [1.54, 1.807) is 18.2 Å². The topological polar surface area (TPSA) is 84.8 Å². The van der Waals surface area contributed by atoms with E-state index in [1.807, 2.05) is 13.8 Å². The number of aliphatic carboxylic acids is 1. The SMILES string of the molecule is COc1ccc(C(C)C)cc1-c1ccc(C(F)(F)F)cc1CN(c1cc(C(F)(F)F)cc(C(F)(F)F)c1)c1ncc(OCCCC(=O)O)cn1. The summed E-state index contributed by atoms with van der Waals surface area (Å²) in [6, 6.07) is 8.51. The molecule has 268 valence electrons. The van der Waals surface area contributed by atoms with Crippen LogP contribution in [0.15, 0.2) is 67.0 Å². The summed E-state index contributed by atoms with van der Waals surface area (Å²) in [7, 11) is 1.34. The zero-order valence-electron chi connectivity index (χ0n) is 26.7. The van der Waals surface area contributed by atoms with Crippen LogP contribution in [0.25, 0.3) is 11.1 Å². The van der Waals surface area contributed by atoms with Crippen molar-refractivity contribution in [3.05, 3.63) is 94.8 Å². The van der Waals surface area contributed by atoms with Gasteiger partial charge < -0.3 is 19.5 Å². The summed E-state index contributed by atoms with van der Waals surface area (Å²) in [5.74, 6) is -1.33. The fourth-order valence-electron chi connectivity index (χ4n) is 4.94. The largest absolute Gasteiger partial charge is 0.496 e. The van der Waals surface area contributed by atoms with Crippen LogP contribution in [0.1, 0.15) is 60.4 Å². The number of alkyl halides is 9. The fraction of sp³-hybridized carbons (Fsp3) is 0.324. The zero-order valence-corrected chi connectivity index (χ0v) is 26.7. The molecule has 0 atom stereocenters. The van der Waals surface area contributed by atoms with Crippen molar-refractivity contribution in [3.63, 3.8) is 0 Å². The van der Waals surface area contributed by atoms with Gasteiger partial charge in [0.05, 0.1) is 49.3 Å². The lowest BCUT2D eigenvalue weighted by molar-refractivity contribution is -0.143. The van der Waals surface area contributed by atoms with Crippen molar-refractivity contribution >= 4 is 17.6 Å². The van der Waals surface area contributed by atoms with Gasteiger partial charge in [0.1, 0.15) is 5.75 Å². The molecule has 0 bridgehead atoms. The molecule has 4 aromatic rings. The van der Waals surface area contributed by atoms with E-state index in [9.17, 15) is 44.3 Å². The van der Waals surface area contributed by atoms with Crippen molar-refractivity contribution in [1.29, 1.82) is 0 Å². The minimum Gasteiger partial charge on any atom is -0.496 e. The standard InChI is InChI=1S/C34H30F9N3O4/c1-19(2)20-6-9-29(49-3)28(12-20)27-8-7-22(32(35,36)37)11-21(27)18-46(31-44-16-26(17-45-31)50-10-4-5-30(47)48)25-14-23(33(38,39)40)13-24(15-25)34(41,42)43/h6-9,11-17,19H,4-5,10,18H2,1-3H3,(H,47,48). The predicted octanol–water partition coefficient (Wildman–Crippen LogP) is 9.91. The number of methoxy groups -OCH3 is 1. The molecule has 0 fully saturated rings. The van der Waals surface area contributed by atoms with E-state index in [-0.39, 0.29) is 54.1 Å². The highest BCUT2D eigenvalue weighted by molar-refractivity contribution is 5.76. The number of aromatic nitrogens is 2. The lowest BCUT2D eigenvalue weighted by atomic mass is 9.92. The van der Waals surface area contributed by atoms with Gasteiger partial charge in [0.2, 0.25) is 5.95 Å². The van der Waals surface area contributed by atoms with Gasteiger partial charge in [-0.05, 0) is 71.5 Å². The van der Waals surface area contributed by atoms with Crippen LogP contribution in [0.2, 0.25) is 0 Å². The quantitative estimate of drug-likeness (QED) is 0.116. The van der Waals surface area contributed by atoms with Gasteiger partial charge in [-0.1, -0.05) is 26.0 Å². The van der Waals surface area contributed by atoms with Gasteiger partial charge in [-0.3, -0.25) is 4.79 Å². The minimum absolute atomic E-state index is 0.00546. The van der Waals surface area contributed by atoms with Gasteiger partial charge in [-0.15, -0.1) is 0 Å². The molecule has 0 unspecified atom stereocenters. The highest BCUT2D eigenvalue weighted by Crippen LogP contribution is 2.42. The highest BCUT2D eigenvalue weighted by Gasteiger charge is 2.38. The Kier molecular flexibility index (Phi) is 11.2. The second-order valence-electron chi connectivity index (χ2n) is 11.4. The second-order valence-corrected chi connectivity index (χ2v) is 11.4. The van der Waals surface area contributed by atoms with Crippen molar-refractivity contribution < 1.29 is 58.9 Å². The van der Waals surface area contributed by atoms with Crippen LogP contribution in [-0.4, -0.2) is 34.8 Å². The Bertz CT molecular complexity index is 1770. The van der Waals surface area contributed by atoms with Gasteiger partial charge in [0.15, 0.2) is 5.75 Å². The molecule has 0 saturated heterocycles. The molecule has 3 aromatic carbocycles. The number of benzene rings is 3. The molecule has 0 aliphatic heterocycles. The first-order valence-electron chi connectivity index (χ1n) is 14.9. The monoisotopic (exact) mass is 715 g/mol. The molecule has 0 amide bonds. The van der Waals surface area contributed by atoms with E-state index in [1.165, 1.54) is 7.11 Å². The van der Waals surface area contributed by atoms with Crippen LogP contribution in [0, 0.1) is 0 Å². The highest BCUT2D eigenvalue weighted by atomic mass is 19.4. The predicted molar refractivity (Wildman–Crippen MR) is 164 cm³/mol. The van der Waals surface area contributed by atoms with Crippen molar-refractivity contribution in [1.82, 2.24) is 9.97 Å². The number of halogens is 9. The Balaban J connectivity index is 1.94. The molecule has 0 aliphatic rings. The Morgan fingerprint density at radius 2 is 1.40 bits per heavy atom. The van der Waals surface area contributed by atoms with E-state index in [4.69, 9.17) is 14.6 Å². The van der Waals surface area contributed by atoms with Crippen LogP contribution in [0.4, 0.5) is 51.1 Å².